The Bertz CT molecular complexity index is 315. The van der Waals surface area contributed by atoms with E-state index < -0.39 is 0 Å². The first-order chi connectivity index (χ1) is 11.3. The Morgan fingerprint density at radius 3 is 1.83 bits per heavy atom. The molecule has 0 N–H and O–H groups in total. The predicted octanol–water partition coefficient (Wildman–Crippen LogP) is 6.60. The second-order valence-corrected chi connectivity index (χ2v) is 8.97. The molecular formula is C22H40O. The van der Waals surface area contributed by atoms with Crippen molar-refractivity contribution in [3.8, 4) is 0 Å². The van der Waals surface area contributed by atoms with Gasteiger partial charge in [-0.25, -0.2) is 0 Å². The van der Waals surface area contributed by atoms with Crippen LogP contribution in [0.2, 0.25) is 0 Å². The van der Waals surface area contributed by atoms with E-state index >= 15 is 0 Å². The highest BCUT2D eigenvalue weighted by atomic mass is 16.5. The Morgan fingerprint density at radius 2 is 1.26 bits per heavy atom. The molecule has 1 heterocycles. The lowest BCUT2D eigenvalue weighted by Gasteiger charge is -2.41. The molecule has 0 aromatic carbocycles. The minimum Gasteiger partial charge on any atom is -0.378 e. The predicted molar refractivity (Wildman–Crippen MR) is 98.6 cm³/mol. The molecule has 2 aliphatic carbocycles. The Morgan fingerprint density at radius 1 is 0.652 bits per heavy atom. The van der Waals surface area contributed by atoms with Crippen molar-refractivity contribution in [3.63, 3.8) is 0 Å². The van der Waals surface area contributed by atoms with Gasteiger partial charge in [-0.2, -0.15) is 0 Å². The van der Waals surface area contributed by atoms with Crippen LogP contribution < -0.4 is 0 Å². The molecule has 0 aromatic rings. The lowest BCUT2D eigenvalue weighted by atomic mass is 9.71. The fourth-order valence-electron chi connectivity index (χ4n) is 5.86. The van der Waals surface area contributed by atoms with Crippen molar-refractivity contribution in [2.24, 2.45) is 29.6 Å². The second-order valence-electron chi connectivity index (χ2n) is 8.97. The van der Waals surface area contributed by atoms with Crippen molar-refractivity contribution in [1.82, 2.24) is 0 Å². The molecule has 1 heteroatoms. The summed E-state index contributed by atoms with van der Waals surface area (Å²) in [6.07, 6.45) is 19.5. The van der Waals surface area contributed by atoms with Gasteiger partial charge < -0.3 is 4.74 Å². The number of hydrogen-bond donors (Lipinski definition) is 0. The number of hydrogen-bond acceptors (Lipinski definition) is 1. The molecule has 0 bridgehead atoms. The molecule has 3 rings (SSSR count). The summed E-state index contributed by atoms with van der Waals surface area (Å²) in [6.45, 7) is 5.79. The van der Waals surface area contributed by atoms with Gasteiger partial charge in [-0.3, -0.25) is 0 Å². The molecule has 0 amide bonds. The first-order valence-corrected chi connectivity index (χ1v) is 10.9. The SMILES string of the molecule is CCCC1CCC(C2CCC(C3CCC(CC)CC3)OC2)CC1. The summed E-state index contributed by atoms with van der Waals surface area (Å²) in [5.74, 6) is 4.82. The molecule has 23 heavy (non-hydrogen) atoms. The highest BCUT2D eigenvalue weighted by Gasteiger charge is 2.34. The van der Waals surface area contributed by atoms with Gasteiger partial charge in [0, 0.05) is 0 Å². The van der Waals surface area contributed by atoms with Gasteiger partial charge in [-0.15, -0.1) is 0 Å². The van der Waals surface area contributed by atoms with Crippen LogP contribution in [0.25, 0.3) is 0 Å². The van der Waals surface area contributed by atoms with Crippen LogP contribution in [-0.2, 0) is 4.74 Å². The van der Waals surface area contributed by atoms with Crippen LogP contribution in [-0.4, -0.2) is 12.7 Å². The van der Waals surface area contributed by atoms with Crippen molar-refractivity contribution >= 4 is 0 Å². The highest BCUT2D eigenvalue weighted by molar-refractivity contribution is 4.85. The largest absolute Gasteiger partial charge is 0.378 e. The van der Waals surface area contributed by atoms with Crippen molar-refractivity contribution in [3.05, 3.63) is 0 Å². The summed E-state index contributed by atoms with van der Waals surface area (Å²) in [5.41, 5.74) is 0. The van der Waals surface area contributed by atoms with Gasteiger partial charge in [0.15, 0.2) is 0 Å². The van der Waals surface area contributed by atoms with Crippen LogP contribution in [0.3, 0.4) is 0 Å². The maximum atomic E-state index is 6.43. The van der Waals surface area contributed by atoms with Crippen LogP contribution in [0.5, 0.6) is 0 Å². The van der Waals surface area contributed by atoms with E-state index in [9.17, 15) is 0 Å². The maximum Gasteiger partial charge on any atom is 0.0603 e. The van der Waals surface area contributed by atoms with Crippen LogP contribution in [0.1, 0.15) is 97.3 Å². The van der Waals surface area contributed by atoms with Gasteiger partial charge in [0.25, 0.3) is 0 Å². The average molecular weight is 321 g/mol. The third-order valence-electron chi connectivity index (χ3n) is 7.60. The Labute approximate surface area is 144 Å². The molecule has 2 unspecified atom stereocenters. The summed E-state index contributed by atoms with van der Waals surface area (Å²) < 4.78 is 6.43. The molecule has 1 nitrogen and oxygen atoms in total. The van der Waals surface area contributed by atoms with Gasteiger partial charge in [0.05, 0.1) is 12.7 Å². The van der Waals surface area contributed by atoms with Crippen molar-refractivity contribution in [2.75, 3.05) is 6.61 Å². The lowest BCUT2D eigenvalue weighted by Crippen LogP contribution is -2.37. The fraction of sp³-hybridized carbons (Fsp3) is 1.00. The van der Waals surface area contributed by atoms with E-state index in [2.05, 4.69) is 13.8 Å². The first kappa shape index (κ1) is 17.8. The molecule has 0 aromatic heterocycles. The molecule has 3 fully saturated rings. The summed E-state index contributed by atoms with van der Waals surface area (Å²) in [4.78, 5) is 0. The molecule has 134 valence electrons. The molecule has 0 radical (unpaired) electrons. The van der Waals surface area contributed by atoms with Crippen molar-refractivity contribution < 1.29 is 4.74 Å². The highest BCUT2D eigenvalue weighted by Crippen LogP contribution is 2.41. The minimum atomic E-state index is 0.612. The Hall–Kier alpha value is -0.0400. The van der Waals surface area contributed by atoms with Gasteiger partial charge in [-0.1, -0.05) is 58.8 Å². The monoisotopic (exact) mass is 320 g/mol. The van der Waals surface area contributed by atoms with Gasteiger partial charge in [0.1, 0.15) is 0 Å². The standard InChI is InChI=1S/C22H40O/c1-3-5-18-8-10-19(11-9-18)21-14-15-22(23-16-21)20-12-6-17(4-2)7-13-20/h17-22H,3-16H2,1-2H3. The van der Waals surface area contributed by atoms with Gasteiger partial charge >= 0.3 is 0 Å². The summed E-state index contributed by atoms with van der Waals surface area (Å²) in [7, 11) is 0. The third-order valence-corrected chi connectivity index (χ3v) is 7.60. The van der Waals surface area contributed by atoms with Crippen LogP contribution in [0, 0.1) is 29.6 Å². The zero-order valence-corrected chi connectivity index (χ0v) is 15.8. The maximum absolute atomic E-state index is 6.43. The van der Waals surface area contributed by atoms with Crippen LogP contribution in [0.15, 0.2) is 0 Å². The quantitative estimate of drug-likeness (QED) is 0.554. The summed E-state index contributed by atoms with van der Waals surface area (Å²) in [5, 5.41) is 0. The number of ether oxygens (including phenoxy) is 1. The second kappa shape index (κ2) is 8.88. The lowest BCUT2D eigenvalue weighted by molar-refractivity contribution is -0.0740. The zero-order valence-electron chi connectivity index (χ0n) is 15.8. The summed E-state index contributed by atoms with van der Waals surface area (Å²) >= 11 is 0. The van der Waals surface area contributed by atoms with E-state index in [4.69, 9.17) is 4.74 Å². The molecule has 2 atom stereocenters. The molecule has 2 saturated carbocycles. The zero-order chi connectivity index (χ0) is 16.1. The molecular weight excluding hydrogens is 280 g/mol. The normalized spacial score (nSPS) is 42.5. The Kier molecular flexibility index (Phi) is 6.86. The van der Waals surface area contributed by atoms with E-state index in [1.54, 1.807) is 0 Å². The van der Waals surface area contributed by atoms with E-state index in [0.717, 1.165) is 36.2 Å². The Balaban J connectivity index is 1.37. The topological polar surface area (TPSA) is 9.23 Å². The van der Waals surface area contributed by atoms with E-state index in [1.807, 2.05) is 0 Å². The van der Waals surface area contributed by atoms with Crippen LogP contribution >= 0.6 is 0 Å². The van der Waals surface area contributed by atoms with E-state index in [-0.39, 0.29) is 0 Å². The molecule has 1 saturated heterocycles. The van der Waals surface area contributed by atoms with Crippen molar-refractivity contribution in [2.45, 2.75) is 103 Å². The fourth-order valence-corrected chi connectivity index (χ4v) is 5.86. The minimum absolute atomic E-state index is 0.612. The number of rotatable bonds is 5. The first-order valence-electron chi connectivity index (χ1n) is 10.9. The van der Waals surface area contributed by atoms with E-state index in [1.165, 1.54) is 83.5 Å². The smallest absolute Gasteiger partial charge is 0.0603 e. The third kappa shape index (κ3) is 4.74. The van der Waals surface area contributed by atoms with E-state index in [0.29, 0.717) is 6.10 Å². The molecule has 0 spiro atoms. The molecule has 1 aliphatic heterocycles. The van der Waals surface area contributed by atoms with Crippen molar-refractivity contribution in [1.29, 1.82) is 0 Å². The van der Waals surface area contributed by atoms with Gasteiger partial charge in [-0.05, 0) is 68.1 Å². The van der Waals surface area contributed by atoms with Gasteiger partial charge in [0.2, 0.25) is 0 Å². The molecule has 3 aliphatic rings. The average Bonchev–Trinajstić information content (AvgIpc) is 2.63. The summed E-state index contributed by atoms with van der Waals surface area (Å²) in [6, 6.07) is 0. The van der Waals surface area contributed by atoms with Crippen LogP contribution in [0.4, 0.5) is 0 Å².